The lowest BCUT2D eigenvalue weighted by atomic mass is 10.1. The molecule has 5 heteroatoms. The summed E-state index contributed by atoms with van der Waals surface area (Å²) in [5, 5.41) is 2.70. The summed E-state index contributed by atoms with van der Waals surface area (Å²) in [7, 11) is 0. The maximum absolute atomic E-state index is 12.4. The fourth-order valence-electron chi connectivity index (χ4n) is 2.41. The van der Waals surface area contributed by atoms with Gasteiger partial charge in [-0.05, 0) is 62.6 Å². The lowest BCUT2D eigenvalue weighted by Gasteiger charge is -2.18. The third-order valence-corrected chi connectivity index (χ3v) is 3.89. The quantitative estimate of drug-likeness (QED) is 0.886. The van der Waals surface area contributed by atoms with E-state index in [4.69, 9.17) is 10.5 Å². The third-order valence-electron chi connectivity index (χ3n) is 3.89. The molecule has 0 spiro atoms. The van der Waals surface area contributed by atoms with E-state index in [1.54, 1.807) is 31.2 Å². The molecule has 3 N–H and O–H groups in total. The summed E-state index contributed by atoms with van der Waals surface area (Å²) in [5.41, 5.74) is 9.14. The van der Waals surface area contributed by atoms with Gasteiger partial charge in [0.2, 0.25) is 0 Å². The van der Waals surface area contributed by atoms with Gasteiger partial charge >= 0.3 is 0 Å². The Labute approximate surface area is 141 Å². The number of carbonyl (C=O) groups is 2. The van der Waals surface area contributed by atoms with Crippen LogP contribution in [0.15, 0.2) is 36.4 Å². The van der Waals surface area contributed by atoms with Gasteiger partial charge in [-0.3, -0.25) is 9.59 Å². The van der Waals surface area contributed by atoms with Crippen molar-refractivity contribution in [3.8, 4) is 5.75 Å². The molecule has 0 radical (unpaired) electrons. The van der Waals surface area contributed by atoms with E-state index in [1.807, 2.05) is 26.8 Å². The number of hydrogen-bond acceptors (Lipinski definition) is 3. The summed E-state index contributed by atoms with van der Waals surface area (Å²) in [5.74, 6) is -0.259. The number of nitrogens with one attached hydrogen (secondary N) is 1. The Morgan fingerprint density at radius 3 is 2.46 bits per heavy atom. The highest BCUT2D eigenvalue weighted by atomic mass is 16.5. The normalized spacial score (nSPS) is 11.7. The fourth-order valence-corrected chi connectivity index (χ4v) is 2.41. The molecule has 0 saturated carbocycles. The number of ether oxygens (including phenoxy) is 1. The molecule has 0 aliphatic carbocycles. The Kier molecular flexibility index (Phi) is 5.24. The maximum atomic E-state index is 12.4. The Hall–Kier alpha value is -2.82. The molecule has 0 heterocycles. The van der Waals surface area contributed by atoms with Crippen LogP contribution >= 0.6 is 0 Å². The van der Waals surface area contributed by atoms with E-state index in [0.29, 0.717) is 11.4 Å². The summed E-state index contributed by atoms with van der Waals surface area (Å²) < 4.78 is 5.81. The van der Waals surface area contributed by atoms with E-state index in [2.05, 4.69) is 11.4 Å². The first kappa shape index (κ1) is 17.5. The topological polar surface area (TPSA) is 81.4 Å². The van der Waals surface area contributed by atoms with Gasteiger partial charge in [-0.15, -0.1) is 0 Å². The molecule has 2 aromatic rings. The van der Waals surface area contributed by atoms with E-state index < -0.39 is 12.0 Å². The number of primary amides is 1. The van der Waals surface area contributed by atoms with E-state index in [0.717, 1.165) is 16.7 Å². The molecule has 1 atom stereocenters. The van der Waals surface area contributed by atoms with Crippen LogP contribution in [0.3, 0.4) is 0 Å². The average molecular weight is 326 g/mol. The second-order valence-corrected chi connectivity index (χ2v) is 5.86. The van der Waals surface area contributed by atoms with Crippen LogP contribution < -0.4 is 15.8 Å². The number of carbonyl (C=O) groups excluding carboxylic acids is 2. The average Bonchev–Trinajstić information content (AvgIpc) is 2.52. The van der Waals surface area contributed by atoms with Crippen molar-refractivity contribution in [2.45, 2.75) is 33.8 Å². The van der Waals surface area contributed by atoms with Crippen LogP contribution in [0.1, 0.15) is 34.0 Å². The predicted molar refractivity (Wildman–Crippen MR) is 94.3 cm³/mol. The fraction of sp³-hybridized carbons (Fsp3) is 0.263. The number of hydrogen-bond donors (Lipinski definition) is 2. The van der Waals surface area contributed by atoms with Crippen molar-refractivity contribution in [3.63, 3.8) is 0 Å². The van der Waals surface area contributed by atoms with Gasteiger partial charge in [-0.25, -0.2) is 0 Å². The van der Waals surface area contributed by atoms with Gasteiger partial charge in [-0.1, -0.05) is 18.2 Å². The second kappa shape index (κ2) is 7.17. The SMILES string of the molecule is Cc1cc(C)c(C)c(O[C@H](C)C(=O)Nc2ccccc2C(N)=O)c1. The van der Waals surface area contributed by atoms with Crippen LogP contribution in [-0.2, 0) is 4.79 Å². The van der Waals surface area contributed by atoms with Crippen LogP contribution in [0.4, 0.5) is 5.69 Å². The van der Waals surface area contributed by atoms with Crippen molar-refractivity contribution in [2.75, 3.05) is 5.32 Å². The highest BCUT2D eigenvalue weighted by molar-refractivity contribution is 6.03. The lowest BCUT2D eigenvalue weighted by Crippen LogP contribution is -2.31. The first-order valence-corrected chi connectivity index (χ1v) is 7.73. The van der Waals surface area contributed by atoms with E-state index in [-0.39, 0.29) is 11.5 Å². The zero-order valence-corrected chi connectivity index (χ0v) is 14.3. The predicted octanol–water partition coefficient (Wildman–Crippen LogP) is 3.12. The zero-order valence-electron chi connectivity index (χ0n) is 14.3. The number of aryl methyl sites for hydroxylation is 2. The molecule has 24 heavy (non-hydrogen) atoms. The molecule has 5 nitrogen and oxygen atoms in total. The summed E-state index contributed by atoms with van der Waals surface area (Å²) >= 11 is 0. The van der Waals surface area contributed by atoms with Crippen molar-refractivity contribution in [1.29, 1.82) is 0 Å². The molecule has 0 bridgehead atoms. The second-order valence-electron chi connectivity index (χ2n) is 5.86. The highest BCUT2D eigenvalue weighted by Gasteiger charge is 2.18. The van der Waals surface area contributed by atoms with Gasteiger partial charge in [0.1, 0.15) is 5.75 Å². The number of para-hydroxylation sites is 1. The number of anilines is 1. The van der Waals surface area contributed by atoms with E-state index >= 15 is 0 Å². The van der Waals surface area contributed by atoms with Crippen molar-refractivity contribution >= 4 is 17.5 Å². The molecular weight excluding hydrogens is 304 g/mol. The van der Waals surface area contributed by atoms with Crippen molar-refractivity contribution in [2.24, 2.45) is 5.73 Å². The van der Waals surface area contributed by atoms with Crippen LogP contribution in [0.25, 0.3) is 0 Å². The van der Waals surface area contributed by atoms with Gasteiger partial charge < -0.3 is 15.8 Å². The Balaban J connectivity index is 2.15. The molecule has 126 valence electrons. The van der Waals surface area contributed by atoms with Crippen molar-refractivity contribution < 1.29 is 14.3 Å². The van der Waals surface area contributed by atoms with E-state index in [9.17, 15) is 9.59 Å². The Bertz CT molecular complexity index is 784. The summed E-state index contributed by atoms with van der Waals surface area (Å²) in [6.45, 7) is 7.60. The molecule has 0 unspecified atom stereocenters. The van der Waals surface area contributed by atoms with Gasteiger partial charge in [0.25, 0.3) is 11.8 Å². The first-order chi connectivity index (χ1) is 11.3. The molecule has 0 saturated heterocycles. The van der Waals surface area contributed by atoms with Gasteiger partial charge in [-0.2, -0.15) is 0 Å². The highest BCUT2D eigenvalue weighted by Crippen LogP contribution is 2.24. The van der Waals surface area contributed by atoms with Gasteiger partial charge in [0.05, 0.1) is 11.3 Å². The molecule has 2 rings (SSSR count). The largest absolute Gasteiger partial charge is 0.481 e. The van der Waals surface area contributed by atoms with Crippen molar-refractivity contribution in [3.05, 3.63) is 58.7 Å². The molecule has 0 fully saturated rings. The molecule has 0 aromatic heterocycles. The summed E-state index contributed by atoms with van der Waals surface area (Å²) in [4.78, 5) is 23.8. The number of amides is 2. The molecule has 0 aliphatic rings. The van der Waals surface area contributed by atoms with Crippen LogP contribution in [-0.4, -0.2) is 17.9 Å². The third kappa shape index (κ3) is 3.93. The monoisotopic (exact) mass is 326 g/mol. The molecular formula is C19H22N2O3. The van der Waals surface area contributed by atoms with Crippen LogP contribution in [0.5, 0.6) is 5.75 Å². The minimum absolute atomic E-state index is 0.264. The zero-order chi connectivity index (χ0) is 17.9. The molecule has 0 aliphatic heterocycles. The van der Waals surface area contributed by atoms with Crippen LogP contribution in [0, 0.1) is 20.8 Å². The van der Waals surface area contributed by atoms with Gasteiger partial charge in [0, 0.05) is 0 Å². The van der Waals surface area contributed by atoms with Gasteiger partial charge in [0.15, 0.2) is 6.10 Å². The number of benzene rings is 2. The smallest absolute Gasteiger partial charge is 0.265 e. The maximum Gasteiger partial charge on any atom is 0.265 e. The summed E-state index contributed by atoms with van der Waals surface area (Å²) in [6.07, 6.45) is -0.717. The van der Waals surface area contributed by atoms with Crippen molar-refractivity contribution in [1.82, 2.24) is 0 Å². The number of nitrogens with two attached hydrogens (primary N) is 1. The lowest BCUT2D eigenvalue weighted by molar-refractivity contribution is -0.122. The van der Waals surface area contributed by atoms with E-state index in [1.165, 1.54) is 0 Å². The molecule has 2 amide bonds. The Morgan fingerprint density at radius 1 is 1.12 bits per heavy atom. The molecule has 2 aromatic carbocycles. The standard InChI is InChI=1S/C19H22N2O3/c1-11-9-12(2)13(3)17(10-11)24-14(4)19(23)21-16-8-6-5-7-15(16)18(20)22/h5-10,14H,1-4H3,(H2,20,22)(H,21,23)/t14-/m1/s1. The summed E-state index contributed by atoms with van der Waals surface area (Å²) in [6, 6.07) is 10.6. The Morgan fingerprint density at radius 2 is 1.79 bits per heavy atom. The van der Waals surface area contributed by atoms with Crippen LogP contribution in [0.2, 0.25) is 0 Å². The minimum atomic E-state index is -0.717. The minimum Gasteiger partial charge on any atom is -0.481 e. The first-order valence-electron chi connectivity index (χ1n) is 7.73. The number of rotatable bonds is 5.